The van der Waals surface area contributed by atoms with Gasteiger partial charge in [0.05, 0.1) is 3.79 Å². The summed E-state index contributed by atoms with van der Waals surface area (Å²) in [6.07, 6.45) is 0.933. The van der Waals surface area contributed by atoms with E-state index < -0.39 is 5.82 Å². The van der Waals surface area contributed by atoms with Crippen LogP contribution in [0.15, 0.2) is 34.1 Å². The van der Waals surface area contributed by atoms with Crippen LogP contribution in [-0.4, -0.2) is 11.7 Å². The molecule has 0 aliphatic rings. The van der Waals surface area contributed by atoms with E-state index in [9.17, 15) is 9.50 Å². The van der Waals surface area contributed by atoms with E-state index >= 15 is 0 Å². The van der Waals surface area contributed by atoms with Gasteiger partial charge >= 0.3 is 0 Å². The summed E-state index contributed by atoms with van der Waals surface area (Å²) in [5.74, 6) is -0.421. The molecule has 5 heteroatoms. The lowest BCUT2D eigenvalue weighted by atomic mass is 10.1. The van der Waals surface area contributed by atoms with Crippen molar-refractivity contribution in [2.24, 2.45) is 0 Å². The largest absolute Gasteiger partial charge is 0.508 e. The molecule has 0 amide bonds. The Morgan fingerprint density at radius 2 is 2.16 bits per heavy atom. The van der Waals surface area contributed by atoms with Gasteiger partial charge in [-0.25, -0.2) is 4.39 Å². The Bertz CT molecular complexity index is 558. The highest BCUT2D eigenvalue weighted by atomic mass is 79.9. The molecule has 19 heavy (non-hydrogen) atoms. The Hall–Kier alpha value is -0.910. The summed E-state index contributed by atoms with van der Waals surface area (Å²) in [4.78, 5) is 1.30. The number of thiophene rings is 1. The average molecular weight is 344 g/mol. The van der Waals surface area contributed by atoms with E-state index in [4.69, 9.17) is 0 Å². The zero-order chi connectivity index (χ0) is 13.8. The monoisotopic (exact) mass is 343 g/mol. The lowest BCUT2D eigenvalue weighted by Gasteiger charge is -2.15. The Morgan fingerprint density at radius 3 is 2.79 bits per heavy atom. The van der Waals surface area contributed by atoms with E-state index in [1.807, 2.05) is 13.0 Å². The van der Waals surface area contributed by atoms with Crippen molar-refractivity contribution in [1.29, 1.82) is 0 Å². The van der Waals surface area contributed by atoms with Crippen molar-refractivity contribution in [3.8, 4) is 5.75 Å². The summed E-state index contributed by atoms with van der Waals surface area (Å²) in [6.45, 7) is 2.77. The van der Waals surface area contributed by atoms with Crippen molar-refractivity contribution in [2.45, 2.75) is 19.4 Å². The number of phenols is 1. The first-order chi connectivity index (χ1) is 9.06. The SMILES string of the molecule is CC(NCCc1ccc(Br)s1)c1ccc(F)cc1O. The zero-order valence-corrected chi connectivity index (χ0v) is 12.9. The van der Waals surface area contributed by atoms with E-state index in [0.717, 1.165) is 22.8 Å². The maximum atomic E-state index is 12.9. The fraction of sp³-hybridized carbons (Fsp3) is 0.286. The average Bonchev–Trinajstić information content (AvgIpc) is 2.75. The second-order valence-corrected chi connectivity index (χ2v) is 6.88. The molecule has 102 valence electrons. The van der Waals surface area contributed by atoms with E-state index in [1.54, 1.807) is 17.4 Å². The molecular formula is C14H15BrFNOS. The summed E-state index contributed by atoms with van der Waals surface area (Å²) < 4.78 is 14.0. The number of hydrogen-bond donors (Lipinski definition) is 2. The second kappa shape index (κ2) is 6.50. The summed E-state index contributed by atoms with van der Waals surface area (Å²) in [7, 11) is 0. The normalized spacial score (nSPS) is 12.6. The molecule has 1 unspecified atom stereocenters. The Morgan fingerprint density at radius 1 is 1.37 bits per heavy atom. The molecule has 0 bridgehead atoms. The molecule has 0 saturated heterocycles. The van der Waals surface area contributed by atoms with Crippen LogP contribution in [-0.2, 0) is 6.42 Å². The number of halogens is 2. The van der Waals surface area contributed by atoms with Crippen LogP contribution in [0.25, 0.3) is 0 Å². The minimum atomic E-state index is -0.420. The molecule has 1 atom stereocenters. The van der Waals surface area contributed by atoms with Crippen LogP contribution in [0.1, 0.15) is 23.4 Å². The van der Waals surface area contributed by atoms with Gasteiger partial charge in [0, 0.05) is 29.1 Å². The third kappa shape index (κ3) is 4.03. The van der Waals surface area contributed by atoms with Gasteiger partial charge < -0.3 is 10.4 Å². The standard InChI is InChI=1S/C14H15BrFNOS/c1-9(12-4-2-10(16)8-13(12)18)17-7-6-11-3-5-14(15)19-11/h2-5,8-9,17-18H,6-7H2,1H3. The smallest absolute Gasteiger partial charge is 0.126 e. The van der Waals surface area contributed by atoms with E-state index in [-0.39, 0.29) is 11.8 Å². The maximum absolute atomic E-state index is 12.9. The number of phenolic OH excluding ortho intramolecular Hbond substituents is 1. The molecule has 1 heterocycles. The molecular weight excluding hydrogens is 329 g/mol. The Labute approximate surface area is 124 Å². The van der Waals surface area contributed by atoms with Gasteiger partial charge in [-0.2, -0.15) is 0 Å². The summed E-state index contributed by atoms with van der Waals surface area (Å²) in [6, 6.07) is 8.24. The van der Waals surface area contributed by atoms with Crippen molar-refractivity contribution in [3.63, 3.8) is 0 Å². The third-order valence-electron chi connectivity index (χ3n) is 2.91. The topological polar surface area (TPSA) is 32.3 Å². The summed E-state index contributed by atoms with van der Waals surface area (Å²) in [5, 5.41) is 13.0. The predicted molar refractivity (Wildman–Crippen MR) is 80.2 cm³/mol. The second-order valence-electron chi connectivity index (χ2n) is 4.33. The molecule has 1 aromatic heterocycles. The molecule has 0 saturated carbocycles. The minimum Gasteiger partial charge on any atom is -0.508 e. The quantitative estimate of drug-likeness (QED) is 0.850. The van der Waals surface area contributed by atoms with Crippen LogP contribution in [0.3, 0.4) is 0 Å². The minimum absolute atomic E-state index is 0.00105. The third-order valence-corrected chi connectivity index (χ3v) is 4.59. The van der Waals surface area contributed by atoms with E-state index in [1.165, 1.54) is 10.9 Å². The van der Waals surface area contributed by atoms with E-state index in [0.29, 0.717) is 5.56 Å². The van der Waals surface area contributed by atoms with Gasteiger partial charge in [0.2, 0.25) is 0 Å². The molecule has 2 rings (SSSR count). The van der Waals surface area contributed by atoms with Crippen LogP contribution in [0.5, 0.6) is 5.75 Å². The molecule has 0 aliphatic heterocycles. The fourth-order valence-electron chi connectivity index (χ4n) is 1.89. The molecule has 0 fully saturated rings. The van der Waals surface area contributed by atoms with Gasteiger partial charge in [-0.05, 0) is 47.5 Å². The molecule has 1 aromatic carbocycles. The predicted octanol–water partition coefficient (Wildman–Crippen LogP) is 4.25. The summed E-state index contributed by atoms with van der Waals surface area (Å²) in [5.41, 5.74) is 0.716. The molecule has 2 N–H and O–H groups in total. The van der Waals surface area contributed by atoms with Crippen LogP contribution < -0.4 is 5.32 Å². The maximum Gasteiger partial charge on any atom is 0.126 e. The van der Waals surface area contributed by atoms with Gasteiger partial charge in [0.15, 0.2) is 0 Å². The van der Waals surface area contributed by atoms with Crippen LogP contribution in [0, 0.1) is 5.82 Å². The number of hydrogen-bond acceptors (Lipinski definition) is 3. The molecule has 0 aliphatic carbocycles. The van der Waals surface area contributed by atoms with Gasteiger partial charge in [-0.1, -0.05) is 6.07 Å². The van der Waals surface area contributed by atoms with Crippen molar-refractivity contribution < 1.29 is 9.50 Å². The van der Waals surface area contributed by atoms with E-state index in [2.05, 4.69) is 27.3 Å². The van der Waals surface area contributed by atoms with Gasteiger partial charge in [0.1, 0.15) is 11.6 Å². The highest BCUT2D eigenvalue weighted by Crippen LogP contribution is 2.25. The number of rotatable bonds is 5. The van der Waals surface area contributed by atoms with Crippen molar-refractivity contribution in [1.82, 2.24) is 5.32 Å². The number of benzene rings is 1. The lowest BCUT2D eigenvalue weighted by Crippen LogP contribution is -2.21. The van der Waals surface area contributed by atoms with Crippen molar-refractivity contribution >= 4 is 27.3 Å². The van der Waals surface area contributed by atoms with Crippen LogP contribution in [0.2, 0.25) is 0 Å². The molecule has 2 aromatic rings. The first kappa shape index (κ1) is 14.5. The lowest BCUT2D eigenvalue weighted by molar-refractivity contribution is 0.447. The van der Waals surface area contributed by atoms with Gasteiger partial charge in [0.25, 0.3) is 0 Å². The van der Waals surface area contributed by atoms with Crippen molar-refractivity contribution in [2.75, 3.05) is 6.54 Å². The zero-order valence-electron chi connectivity index (χ0n) is 10.5. The molecule has 0 radical (unpaired) electrons. The van der Waals surface area contributed by atoms with Gasteiger partial charge in [-0.15, -0.1) is 11.3 Å². The van der Waals surface area contributed by atoms with Gasteiger partial charge in [-0.3, -0.25) is 0 Å². The Kier molecular flexibility index (Phi) is 4.96. The highest BCUT2D eigenvalue weighted by molar-refractivity contribution is 9.11. The van der Waals surface area contributed by atoms with Crippen LogP contribution >= 0.6 is 27.3 Å². The van der Waals surface area contributed by atoms with Crippen LogP contribution in [0.4, 0.5) is 4.39 Å². The first-order valence-corrected chi connectivity index (χ1v) is 7.63. The number of nitrogens with one attached hydrogen (secondary N) is 1. The molecule has 0 spiro atoms. The highest BCUT2D eigenvalue weighted by Gasteiger charge is 2.10. The van der Waals surface area contributed by atoms with Crippen molar-refractivity contribution in [3.05, 3.63) is 50.4 Å². The fourth-order valence-corrected chi connectivity index (χ4v) is 3.37. The first-order valence-electron chi connectivity index (χ1n) is 6.02. The number of aromatic hydroxyl groups is 1. The summed E-state index contributed by atoms with van der Waals surface area (Å²) >= 11 is 5.15. The Balaban J connectivity index is 1.88. The molecule has 2 nitrogen and oxygen atoms in total.